The Morgan fingerprint density at radius 2 is 2.08 bits per heavy atom. The monoisotopic (exact) mass is 360 g/mol. The van der Waals surface area contributed by atoms with Gasteiger partial charge < -0.3 is 5.11 Å². The van der Waals surface area contributed by atoms with E-state index in [9.17, 15) is 23.1 Å². The first kappa shape index (κ1) is 17.2. The zero-order valence-electron chi connectivity index (χ0n) is 12.7. The molecule has 1 fully saturated rings. The van der Waals surface area contributed by atoms with E-state index in [0.29, 0.717) is 19.3 Å². The van der Waals surface area contributed by atoms with Gasteiger partial charge in [0, 0.05) is 16.3 Å². The molecule has 0 bridgehead atoms. The predicted molar refractivity (Wildman–Crippen MR) is 82.6 cm³/mol. The summed E-state index contributed by atoms with van der Waals surface area (Å²) in [6.45, 7) is 0. The Kier molecular flexibility index (Phi) is 4.34. The molecule has 1 heterocycles. The predicted octanol–water partition coefficient (Wildman–Crippen LogP) is 3.98. The van der Waals surface area contributed by atoms with E-state index in [4.69, 9.17) is 11.6 Å². The van der Waals surface area contributed by atoms with E-state index in [2.05, 4.69) is 5.10 Å². The highest BCUT2D eigenvalue weighted by Gasteiger charge is 2.68. The number of hydrogen-bond donors (Lipinski definition) is 1. The molecule has 0 saturated heterocycles. The van der Waals surface area contributed by atoms with Gasteiger partial charge in [-0.05, 0) is 37.5 Å². The summed E-state index contributed by atoms with van der Waals surface area (Å²) in [6, 6.07) is 5.58. The summed E-state index contributed by atoms with van der Waals surface area (Å²) < 4.78 is 41.1. The summed E-state index contributed by atoms with van der Waals surface area (Å²) in [6.07, 6.45) is -2.48. The van der Waals surface area contributed by atoms with E-state index < -0.39 is 23.7 Å². The van der Waals surface area contributed by atoms with E-state index in [0.717, 1.165) is 6.42 Å². The second-order valence-corrected chi connectivity index (χ2v) is 6.53. The summed E-state index contributed by atoms with van der Waals surface area (Å²) in [5, 5.41) is 14.8. The number of benzene rings is 1. The van der Waals surface area contributed by atoms with Gasteiger partial charge in [-0.2, -0.15) is 23.3 Å². The molecule has 130 valence electrons. The number of carbonyl (C=O) groups is 1. The van der Waals surface area contributed by atoms with Crippen molar-refractivity contribution in [3.8, 4) is 0 Å². The minimum absolute atomic E-state index is 0.0500. The highest BCUT2D eigenvalue weighted by atomic mass is 35.5. The Bertz CT molecular complexity index is 692. The summed E-state index contributed by atoms with van der Waals surface area (Å²) in [4.78, 5) is 12.6. The Labute approximate surface area is 141 Å². The van der Waals surface area contributed by atoms with Crippen molar-refractivity contribution >= 4 is 23.2 Å². The third-order valence-electron chi connectivity index (χ3n) is 4.55. The van der Waals surface area contributed by atoms with Crippen molar-refractivity contribution in [3.05, 3.63) is 34.9 Å². The van der Waals surface area contributed by atoms with Gasteiger partial charge in [-0.15, -0.1) is 0 Å². The van der Waals surface area contributed by atoms with Crippen molar-refractivity contribution in [1.82, 2.24) is 5.01 Å². The van der Waals surface area contributed by atoms with Gasteiger partial charge in [-0.25, -0.2) is 0 Å². The van der Waals surface area contributed by atoms with Gasteiger partial charge in [0.25, 0.3) is 11.6 Å². The van der Waals surface area contributed by atoms with Crippen LogP contribution in [0.15, 0.2) is 29.4 Å². The fraction of sp³-hybridized carbons (Fsp3) is 0.500. The van der Waals surface area contributed by atoms with Gasteiger partial charge in [0.05, 0.1) is 5.92 Å². The normalized spacial score (nSPS) is 27.5. The molecule has 3 rings (SSSR count). The van der Waals surface area contributed by atoms with Crippen LogP contribution in [0.5, 0.6) is 0 Å². The fourth-order valence-corrected chi connectivity index (χ4v) is 3.53. The topological polar surface area (TPSA) is 52.9 Å². The van der Waals surface area contributed by atoms with Crippen LogP contribution >= 0.6 is 11.6 Å². The molecule has 1 aliphatic carbocycles. The van der Waals surface area contributed by atoms with Gasteiger partial charge in [-0.3, -0.25) is 4.79 Å². The maximum Gasteiger partial charge on any atom is 0.439 e. The third-order valence-corrected chi connectivity index (χ3v) is 4.78. The number of aliphatic hydroxyl groups is 1. The lowest BCUT2D eigenvalue weighted by Crippen LogP contribution is -2.61. The van der Waals surface area contributed by atoms with Crippen molar-refractivity contribution in [3.63, 3.8) is 0 Å². The minimum Gasteiger partial charge on any atom is -0.362 e. The lowest BCUT2D eigenvalue weighted by molar-refractivity contribution is -0.312. The molecule has 1 saturated carbocycles. The first-order chi connectivity index (χ1) is 11.2. The third kappa shape index (κ3) is 2.69. The number of nitrogens with zero attached hydrogens (tertiary/aromatic N) is 2. The molecule has 0 spiro atoms. The van der Waals surface area contributed by atoms with Crippen LogP contribution < -0.4 is 0 Å². The molecule has 1 aromatic rings. The molecule has 8 heteroatoms. The molecular weight excluding hydrogens is 345 g/mol. The van der Waals surface area contributed by atoms with Gasteiger partial charge in [-0.1, -0.05) is 30.5 Å². The van der Waals surface area contributed by atoms with Crippen LogP contribution in [0.25, 0.3) is 0 Å². The van der Waals surface area contributed by atoms with E-state index in [1.165, 1.54) is 24.3 Å². The van der Waals surface area contributed by atoms with Crippen LogP contribution in [-0.4, -0.2) is 33.6 Å². The van der Waals surface area contributed by atoms with Crippen LogP contribution in [0.4, 0.5) is 13.2 Å². The first-order valence-electron chi connectivity index (χ1n) is 7.71. The van der Waals surface area contributed by atoms with Crippen molar-refractivity contribution in [2.45, 2.75) is 44.0 Å². The maximum absolute atomic E-state index is 13.7. The summed E-state index contributed by atoms with van der Waals surface area (Å²) in [5.41, 5.74) is -3.12. The number of hydrogen-bond acceptors (Lipinski definition) is 3. The van der Waals surface area contributed by atoms with Crippen molar-refractivity contribution in [2.75, 3.05) is 0 Å². The van der Waals surface area contributed by atoms with Gasteiger partial charge in [0.1, 0.15) is 0 Å². The number of alkyl halides is 3. The largest absolute Gasteiger partial charge is 0.439 e. The zero-order valence-corrected chi connectivity index (χ0v) is 13.4. The van der Waals surface area contributed by atoms with Crippen LogP contribution in [0, 0.1) is 5.92 Å². The standard InChI is InChI=1S/C16H16ClF3N2O2/c17-11-6-4-5-10(9-11)14(23)22-15(24,16(18,19)20)12-7-2-1-3-8-13(12)21-22/h4-6,9,12,24H,1-3,7-8H2/t12-,15+/m0/s1. The number of carbonyl (C=O) groups excluding carboxylic acids is 1. The van der Waals surface area contributed by atoms with Gasteiger partial charge in [0.15, 0.2) is 0 Å². The highest BCUT2D eigenvalue weighted by molar-refractivity contribution is 6.31. The molecule has 1 aromatic carbocycles. The number of halogens is 4. The second-order valence-electron chi connectivity index (χ2n) is 6.09. The maximum atomic E-state index is 13.7. The second kappa shape index (κ2) is 6.04. The quantitative estimate of drug-likeness (QED) is 0.823. The van der Waals surface area contributed by atoms with E-state index in [-0.39, 0.29) is 27.7 Å². The van der Waals surface area contributed by atoms with Crippen molar-refractivity contribution < 1.29 is 23.1 Å². The Morgan fingerprint density at radius 1 is 1.33 bits per heavy atom. The van der Waals surface area contributed by atoms with Crippen LogP contribution in [0.3, 0.4) is 0 Å². The average Bonchev–Trinajstić information content (AvgIpc) is 2.68. The minimum atomic E-state index is -5.01. The fourth-order valence-electron chi connectivity index (χ4n) is 3.34. The smallest absolute Gasteiger partial charge is 0.362 e. The van der Waals surface area contributed by atoms with Crippen molar-refractivity contribution in [2.24, 2.45) is 11.0 Å². The summed E-state index contributed by atoms with van der Waals surface area (Å²) in [5.74, 6) is -2.24. The molecule has 0 aromatic heterocycles. The zero-order chi connectivity index (χ0) is 17.5. The average molecular weight is 361 g/mol. The molecule has 2 aliphatic rings. The number of rotatable bonds is 1. The molecule has 0 radical (unpaired) electrons. The van der Waals surface area contributed by atoms with Crippen LogP contribution in [0.2, 0.25) is 5.02 Å². The molecule has 1 amide bonds. The van der Waals surface area contributed by atoms with Gasteiger partial charge >= 0.3 is 6.18 Å². The number of amides is 1. The Balaban J connectivity index is 2.05. The molecule has 1 N–H and O–H groups in total. The summed E-state index contributed by atoms with van der Waals surface area (Å²) >= 11 is 5.81. The number of fused-ring (bicyclic) bond motifs is 1. The highest BCUT2D eigenvalue weighted by Crippen LogP contribution is 2.48. The SMILES string of the molecule is O=C(c1cccc(Cl)c1)N1N=C2CCCCC[C@@H]2[C@@]1(O)C(F)(F)F. The summed E-state index contributed by atoms with van der Waals surface area (Å²) in [7, 11) is 0. The molecule has 1 aliphatic heterocycles. The lowest BCUT2D eigenvalue weighted by Gasteiger charge is -2.37. The van der Waals surface area contributed by atoms with Gasteiger partial charge in [0.2, 0.25) is 0 Å². The van der Waals surface area contributed by atoms with Crippen LogP contribution in [0.1, 0.15) is 42.5 Å². The molecule has 0 unspecified atom stereocenters. The molecule has 4 nitrogen and oxygen atoms in total. The Hall–Kier alpha value is -1.60. The van der Waals surface area contributed by atoms with Crippen LogP contribution in [-0.2, 0) is 0 Å². The Morgan fingerprint density at radius 3 is 2.75 bits per heavy atom. The molecule has 24 heavy (non-hydrogen) atoms. The first-order valence-corrected chi connectivity index (χ1v) is 8.09. The lowest BCUT2D eigenvalue weighted by atomic mass is 9.87. The van der Waals surface area contributed by atoms with E-state index in [1.807, 2.05) is 0 Å². The number of hydrazone groups is 1. The molecular formula is C16H16ClF3N2O2. The van der Waals surface area contributed by atoms with Crippen molar-refractivity contribution in [1.29, 1.82) is 0 Å². The van der Waals surface area contributed by atoms with E-state index >= 15 is 0 Å². The van der Waals surface area contributed by atoms with E-state index in [1.54, 1.807) is 0 Å². The molecule has 2 atom stereocenters.